The van der Waals surface area contributed by atoms with Crippen LogP contribution in [-0.2, 0) is 16.1 Å². The molecule has 1 aromatic rings. The van der Waals surface area contributed by atoms with Crippen LogP contribution >= 0.6 is 0 Å². The molecule has 2 N–H and O–H groups in total. The second-order valence-corrected chi connectivity index (χ2v) is 5.24. The van der Waals surface area contributed by atoms with Crippen LogP contribution in [0.25, 0.3) is 0 Å². The summed E-state index contributed by atoms with van der Waals surface area (Å²) in [6, 6.07) is 1.82. The molecule has 20 heavy (non-hydrogen) atoms. The van der Waals surface area contributed by atoms with Crippen molar-refractivity contribution < 1.29 is 9.53 Å². The van der Waals surface area contributed by atoms with Crippen LogP contribution in [0.4, 0.5) is 0 Å². The van der Waals surface area contributed by atoms with Gasteiger partial charge in [-0.3, -0.25) is 4.79 Å². The maximum atomic E-state index is 12.5. The molecule has 1 aromatic heterocycles. The predicted octanol–water partition coefficient (Wildman–Crippen LogP) is 0.417. The number of aryl methyl sites for hydroxylation is 1. The van der Waals surface area contributed by atoms with E-state index in [4.69, 9.17) is 4.74 Å². The SMILES string of the molecule is COCC1(C(=O)NCc2ccnc(C)n2)CCNCC1. The zero-order chi connectivity index (χ0) is 14.4. The number of carbonyl (C=O) groups is 1. The first kappa shape index (κ1) is 14.9. The molecule has 2 rings (SSSR count). The quantitative estimate of drug-likeness (QED) is 0.816. The number of aromatic nitrogens is 2. The van der Waals surface area contributed by atoms with Gasteiger partial charge in [0.15, 0.2) is 0 Å². The van der Waals surface area contributed by atoms with E-state index >= 15 is 0 Å². The van der Waals surface area contributed by atoms with E-state index in [-0.39, 0.29) is 5.91 Å². The number of methoxy groups -OCH3 is 1. The molecule has 1 amide bonds. The molecule has 6 heteroatoms. The first-order valence-corrected chi connectivity index (χ1v) is 6.93. The van der Waals surface area contributed by atoms with Crippen molar-refractivity contribution in [2.75, 3.05) is 26.8 Å². The minimum atomic E-state index is -0.415. The van der Waals surface area contributed by atoms with Crippen molar-refractivity contribution in [3.05, 3.63) is 23.8 Å². The number of rotatable bonds is 5. The zero-order valence-corrected chi connectivity index (χ0v) is 12.1. The minimum Gasteiger partial charge on any atom is -0.384 e. The van der Waals surface area contributed by atoms with Crippen LogP contribution in [0.3, 0.4) is 0 Å². The second-order valence-electron chi connectivity index (χ2n) is 5.24. The lowest BCUT2D eigenvalue weighted by atomic mass is 9.78. The lowest BCUT2D eigenvalue weighted by Gasteiger charge is -2.35. The molecule has 2 heterocycles. The summed E-state index contributed by atoms with van der Waals surface area (Å²) in [5, 5.41) is 6.26. The largest absolute Gasteiger partial charge is 0.384 e. The molecule has 0 radical (unpaired) electrons. The zero-order valence-electron chi connectivity index (χ0n) is 12.1. The lowest BCUT2D eigenvalue weighted by molar-refractivity contribution is -0.136. The fourth-order valence-corrected chi connectivity index (χ4v) is 2.58. The van der Waals surface area contributed by atoms with Gasteiger partial charge in [-0.25, -0.2) is 9.97 Å². The van der Waals surface area contributed by atoms with Crippen LogP contribution < -0.4 is 10.6 Å². The van der Waals surface area contributed by atoms with Crippen molar-refractivity contribution in [1.82, 2.24) is 20.6 Å². The van der Waals surface area contributed by atoms with E-state index in [1.54, 1.807) is 13.3 Å². The van der Waals surface area contributed by atoms with Gasteiger partial charge in [0.2, 0.25) is 5.91 Å². The van der Waals surface area contributed by atoms with Gasteiger partial charge in [-0.1, -0.05) is 0 Å². The van der Waals surface area contributed by atoms with Crippen LogP contribution in [0, 0.1) is 12.3 Å². The Hall–Kier alpha value is -1.53. The molecule has 0 saturated carbocycles. The Morgan fingerprint density at radius 1 is 1.50 bits per heavy atom. The molecule has 6 nitrogen and oxygen atoms in total. The number of nitrogens with zero attached hydrogens (tertiary/aromatic N) is 2. The van der Waals surface area contributed by atoms with Gasteiger partial charge in [0.05, 0.1) is 24.3 Å². The highest BCUT2D eigenvalue weighted by Crippen LogP contribution is 2.29. The Labute approximate surface area is 119 Å². The van der Waals surface area contributed by atoms with Gasteiger partial charge in [0, 0.05) is 13.3 Å². The summed E-state index contributed by atoms with van der Waals surface area (Å²) in [5.41, 5.74) is 0.412. The molecule has 0 bridgehead atoms. The van der Waals surface area contributed by atoms with Crippen LogP contribution in [0.1, 0.15) is 24.4 Å². The Morgan fingerprint density at radius 2 is 2.25 bits per heavy atom. The number of carbonyl (C=O) groups excluding carboxylic acids is 1. The Bertz CT molecular complexity index is 453. The monoisotopic (exact) mass is 278 g/mol. The smallest absolute Gasteiger partial charge is 0.228 e. The van der Waals surface area contributed by atoms with Crippen molar-refractivity contribution in [3.8, 4) is 0 Å². The molecule has 0 spiro atoms. The van der Waals surface area contributed by atoms with Crippen molar-refractivity contribution in [2.24, 2.45) is 5.41 Å². The molecule has 0 aliphatic carbocycles. The van der Waals surface area contributed by atoms with Gasteiger partial charge >= 0.3 is 0 Å². The fourth-order valence-electron chi connectivity index (χ4n) is 2.58. The predicted molar refractivity (Wildman–Crippen MR) is 75.0 cm³/mol. The number of ether oxygens (including phenoxy) is 1. The summed E-state index contributed by atoms with van der Waals surface area (Å²) in [6.07, 6.45) is 3.31. The van der Waals surface area contributed by atoms with E-state index in [9.17, 15) is 4.79 Å². The van der Waals surface area contributed by atoms with Crippen LogP contribution in [0.2, 0.25) is 0 Å². The average Bonchev–Trinajstić information content (AvgIpc) is 2.46. The molecule has 1 aliphatic heterocycles. The molecular weight excluding hydrogens is 256 g/mol. The van der Waals surface area contributed by atoms with Gasteiger partial charge in [-0.2, -0.15) is 0 Å². The van der Waals surface area contributed by atoms with Gasteiger partial charge in [0.25, 0.3) is 0 Å². The molecule has 0 atom stereocenters. The number of hydrogen-bond acceptors (Lipinski definition) is 5. The van der Waals surface area contributed by atoms with Crippen LogP contribution in [0.15, 0.2) is 12.3 Å². The van der Waals surface area contributed by atoms with E-state index in [1.807, 2.05) is 13.0 Å². The van der Waals surface area contributed by atoms with Crippen molar-refractivity contribution >= 4 is 5.91 Å². The number of piperidine rings is 1. The third-order valence-corrected chi connectivity index (χ3v) is 3.73. The molecular formula is C14H22N4O2. The van der Waals surface area contributed by atoms with Gasteiger partial charge < -0.3 is 15.4 Å². The Kier molecular flexibility index (Phi) is 5.03. The second kappa shape index (κ2) is 6.76. The maximum absolute atomic E-state index is 12.5. The highest BCUT2D eigenvalue weighted by Gasteiger charge is 2.39. The summed E-state index contributed by atoms with van der Waals surface area (Å²) < 4.78 is 5.26. The first-order valence-electron chi connectivity index (χ1n) is 6.93. The highest BCUT2D eigenvalue weighted by molar-refractivity contribution is 5.82. The standard InChI is InChI=1S/C14H22N4O2/c1-11-16-6-3-12(18-11)9-17-13(19)14(10-20-2)4-7-15-8-5-14/h3,6,15H,4-5,7-10H2,1-2H3,(H,17,19). The first-order chi connectivity index (χ1) is 9.66. The van der Waals surface area contributed by atoms with Crippen LogP contribution in [0.5, 0.6) is 0 Å². The molecule has 110 valence electrons. The third-order valence-electron chi connectivity index (χ3n) is 3.73. The molecule has 0 aromatic carbocycles. The third kappa shape index (κ3) is 3.52. The van der Waals surface area contributed by atoms with Crippen LogP contribution in [-0.4, -0.2) is 42.7 Å². The molecule has 1 saturated heterocycles. The molecule has 1 fully saturated rings. The summed E-state index contributed by atoms with van der Waals surface area (Å²) >= 11 is 0. The van der Waals surface area contributed by atoms with Crippen molar-refractivity contribution in [2.45, 2.75) is 26.3 Å². The Morgan fingerprint density at radius 3 is 2.90 bits per heavy atom. The minimum absolute atomic E-state index is 0.0529. The molecule has 1 aliphatic rings. The lowest BCUT2D eigenvalue weighted by Crippen LogP contribution is -2.50. The molecule has 0 unspecified atom stereocenters. The van der Waals surface area contributed by atoms with Gasteiger partial charge in [-0.05, 0) is 38.9 Å². The summed E-state index contributed by atoms with van der Waals surface area (Å²) in [4.78, 5) is 20.8. The van der Waals surface area contributed by atoms with E-state index in [0.717, 1.165) is 31.6 Å². The van der Waals surface area contributed by atoms with E-state index in [0.29, 0.717) is 19.0 Å². The average molecular weight is 278 g/mol. The summed E-state index contributed by atoms with van der Waals surface area (Å²) in [5.74, 6) is 0.766. The van der Waals surface area contributed by atoms with Gasteiger partial charge in [-0.15, -0.1) is 0 Å². The number of nitrogens with one attached hydrogen (secondary N) is 2. The van der Waals surface area contributed by atoms with E-state index in [2.05, 4.69) is 20.6 Å². The van der Waals surface area contributed by atoms with Crippen molar-refractivity contribution in [3.63, 3.8) is 0 Å². The van der Waals surface area contributed by atoms with E-state index < -0.39 is 5.41 Å². The van der Waals surface area contributed by atoms with Gasteiger partial charge in [0.1, 0.15) is 5.82 Å². The normalized spacial score (nSPS) is 17.7. The van der Waals surface area contributed by atoms with E-state index in [1.165, 1.54) is 0 Å². The summed E-state index contributed by atoms with van der Waals surface area (Å²) in [6.45, 7) is 4.43. The van der Waals surface area contributed by atoms with Crippen molar-refractivity contribution in [1.29, 1.82) is 0 Å². The number of hydrogen-bond donors (Lipinski definition) is 2. The maximum Gasteiger partial charge on any atom is 0.228 e. The summed E-state index contributed by atoms with van der Waals surface area (Å²) in [7, 11) is 1.64. The fraction of sp³-hybridized carbons (Fsp3) is 0.643. The Balaban J connectivity index is 1.98. The topological polar surface area (TPSA) is 76.1 Å². The number of amides is 1. The highest BCUT2D eigenvalue weighted by atomic mass is 16.5.